The third-order valence-electron chi connectivity index (χ3n) is 4.73. The zero-order valence-corrected chi connectivity index (χ0v) is 14.5. The van der Waals surface area contributed by atoms with E-state index < -0.39 is 0 Å². The van der Waals surface area contributed by atoms with Gasteiger partial charge in [0.1, 0.15) is 0 Å². The molecule has 1 aliphatic rings. The highest BCUT2D eigenvalue weighted by atomic mass is 35.5. The maximum absolute atomic E-state index is 12.3. The molecule has 0 bridgehead atoms. The van der Waals surface area contributed by atoms with E-state index in [1.807, 2.05) is 24.4 Å². The standard InChI is InChI=1S/C18H22ClN3O2/c1-12(23)22-8-5-13(6-9-22)18(24)20-7-4-14-11-21-17-10-15(19)2-3-16(14)17/h2-3,10-11,13,21H,4-9H2,1H3,(H,20,24). The van der Waals surface area contributed by atoms with E-state index in [0.717, 1.165) is 30.2 Å². The van der Waals surface area contributed by atoms with Crippen molar-refractivity contribution in [3.63, 3.8) is 0 Å². The fraction of sp³-hybridized carbons (Fsp3) is 0.444. The maximum Gasteiger partial charge on any atom is 0.223 e. The second kappa shape index (κ2) is 7.26. The number of hydrogen-bond acceptors (Lipinski definition) is 2. The number of likely N-dealkylation sites (tertiary alicyclic amines) is 1. The van der Waals surface area contributed by atoms with Crippen LogP contribution < -0.4 is 5.32 Å². The number of fused-ring (bicyclic) bond motifs is 1. The van der Waals surface area contributed by atoms with E-state index in [1.54, 1.807) is 11.8 Å². The Bertz CT molecular complexity index is 748. The maximum atomic E-state index is 12.3. The number of H-pyrrole nitrogens is 1. The molecule has 0 atom stereocenters. The van der Waals surface area contributed by atoms with Crippen LogP contribution >= 0.6 is 11.6 Å². The summed E-state index contributed by atoms with van der Waals surface area (Å²) in [6.07, 6.45) is 4.24. The predicted molar refractivity (Wildman–Crippen MR) is 95.0 cm³/mol. The van der Waals surface area contributed by atoms with Crippen LogP contribution in [0.1, 0.15) is 25.3 Å². The van der Waals surface area contributed by atoms with E-state index in [4.69, 9.17) is 11.6 Å². The number of carbonyl (C=O) groups is 2. The van der Waals surface area contributed by atoms with Crippen molar-refractivity contribution in [2.45, 2.75) is 26.2 Å². The zero-order valence-electron chi connectivity index (χ0n) is 13.8. The van der Waals surface area contributed by atoms with Crippen LogP contribution in [0, 0.1) is 5.92 Å². The fourth-order valence-electron chi connectivity index (χ4n) is 3.29. The Morgan fingerprint density at radius 1 is 1.33 bits per heavy atom. The third kappa shape index (κ3) is 3.73. The molecule has 0 spiro atoms. The highest BCUT2D eigenvalue weighted by Gasteiger charge is 2.25. The fourth-order valence-corrected chi connectivity index (χ4v) is 3.46. The number of aromatic nitrogens is 1. The largest absolute Gasteiger partial charge is 0.361 e. The van der Waals surface area contributed by atoms with Crippen LogP contribution in [-0.4, -0.2) is 41.3 Å². The van der Waals surface area contributed by atoms with E-state index in [0.29, 0.717) is 24.7 Å². The van der Waals surface area contributed by atoms with Gasteiger partial charge in [-0.05, 0) is 37.0 Å². The van der Waals surface area contributed by atoms with Crippen LogP contribution in [0.15, 0.2) is 24.4 Å². The SMILES string of the molecule is CC(=O)N1CCC(C(=O)NCCc2c[nH]c3cc(Cl)ccc23)CC1. The first kappa shape index (κ1) is 16.8. The molecule has 2 heterocycles. The zero-order chi connectivity index (χ0) is 17.1. The lowest BCUT2D eigenvalue weighted by Crippen LogP contribution is -2.42. The molecular weight excluding hydrogens is 326 g/mol. The van der Waals surface area contributed by atoms with Crippen molar-refractivity contribution in [1.29, 1.82) is 0 Å². The van der Waals surface area contributed by atoms with E-state index in [9.17, 15) is 9.59 Å². The summed E-state index contributed by atoms with van der Waals surface area (Å²) in [7, 11) is 0. The molecule has 0 saturated carbocycles. The number of benzene rings is 1. The van der Waals surface area contributed by atoms with Gasteiger partial charge in [0.05, 0.1) is 0 Å². The van der Waals surface area contributed by atoms with Crippen molar-refractivity contribution in [1.82, 2.24) is 15.2 Å². The number of aromatic amines is 1. The molecule has 1 aromatic heterocycles. The minimum absolute atomic E-state index is 0.0161. The Morgan fingerprint density at radius 3 is 2.79 bits per heavy atom. The first-order chi connectivity index (χ1) is 11.5. The van der Waals surface area contributed by atoms with Crippen LogP contribution in [0.5, 0.6) is 0 Å². The Kier molecular flexibility index (Phi) is 5.09. The minimum atomic E-state index is 0.0161. The second-order valence-electron chi connectivity index (χ2n) is 6.33. The van der Waals surface area contributed by atoms with Crippen molar-refractivity contribution in [3.05, 3.63) is 35.0 Å². The molecule has 2 aromatic rings. The molecule has 1 aromatic carbocycles. The van der Waals surface area contributed by atoms with E-state index in [2.05, 4.69) is 10.3 Å². The molecule has 2 amide bonds. The van der Waals surface area contributed by atoms with Crippen LogP contribution in [-0.2, 0) is 16.0 Å². The summed E-state index contributed by atoms with van der Waals surface area (Å²) in [5.41, 5.74) is 2.19. The van der Waals surface area contributed by atoms with E-state index in [1.165, 1.54) is 5.56 Å². The van der Waals surface area contributed by atoms with Gasteiger partial charge < -0.3 is 15.2 Å². The molecule has 5 nitrogen and oxygen atoms in total. The highest BCUT2D eigenvalue weighted by molar-refractivity contribution is 6.31. The second-order valence-corrected chi connectivity index (χ2v) is 6.76. The van der Waals surface area contributed by atoms with Gasteiger partial charge in [-0.2, -0.15) is 0 Å². The molecule has 0 aliphatic carbocycles. The smallest absolute Gasteiger partial charge is 0.223 e. The molecule has 1 fully saturated rings. The van der Waals surface area contributed by atoms with Gasteiger partial charge in [0.15, 0.2) is 0 Å². The highest BCUT2D eigenvalue weighted by Crippen LogP contribution is 2.22. The van der Waals surface area contributed by atoms with E-state index in [-0.39, 0.29) is 17.7 Å². The normalized spacial score (nSPS) is 15.7. The van der Waals surface area contributed by atoms with Gasteiger partial charge in [0, 0.05) is 54.6 Å². The molecule has 24 heavy (non-hydrogen) atoms. The van der Waals surface area contributed by atoms with Crippen molar-refractivity contribution >= 4 is 34.3 Å². The summed E-state index contributed by atoms with van der Waals surface area (Å²) in [5.74, 6) is 0.205. The number of nitrogens with zero attached hydrogens (tertiary/aromatic N) is 1. The van der Waals surface area contributed by atoms with Crippen LogP contribution in [0.25, 0.3) is 10.9 Å². The van der Waals surface area contributed by atoms with Gasteiger partial charge in [0.25, 0.3) is 0 Å². The Morgan fingerprint density at radius 2 is 2.08 bits per heavy atom. The third-order valence-corrected chi connectivity index (χ3v) is 4.97. The van der Waals surface area contributed by atoms with Gasteiger partial charge in [-0.25, -0.2) is 0 Å². The van der Waals surface area contributed by atoms with Crippen LogP contribution in [0.2, 0.25) is 5.02 Å². The van der Waals surface area contributed by atoms with Gasteiger partial charge in [-0.15, -0.1) is 0 Å². The summed E-state index contributed by atoms with van der Waals surface area (Å²) in [4.78, 5) is 28.6. The number of rotatable bonds is 4. The lowest BCUT2D eigenvalue weighted by molar-refractivity contribution is -0.133. The van der Waals surface area contributed by atoms with Gasteiger partial charge in [-0.3, -0.25) is 9.59 Å². The lowest BCUT2D eigenvalue weighted by atomic mass is 9.96. The minimum Gasteiger partial charge on any atom is -0.361 e. The van der Waals surface area contributed by atoms with Gasteiger partial charge in [0.2, 0.25) is 11.8 Å². The van der Waals surface area contributed by atoms with Crippen molar-refractivity contribution in [2.24, 2.45) is 5.92 Å². The first-order valence-corrected chi connectivity index (χ1v) is 8.71. The van der Waals surface area contributed by atoms with Crippen LogP contribution in [0.4, 0.5) is 0 Å². The first-order valence-electron chi connectivity index (χ1n) is 8.33. The molecule has 3 rings (SSSR count). The van der Waals surface area contributed by atoms with Crippen molar-refractivity contribution in [2.75, 3.05) is 19.6 Å². The number of halogens is 1. The monoisotopic (exact) mass is 347 g/mol. The quantitative estimate of drug-likeness (QED) is 0.893. The van der Waals surface area contributed by atoms with Gasteiger partial charge in [-0.1, -0.05) is 17.7 Å². The summed E-state index contributed by atoms with van der Waals surface area (Å²) >= 11 is 5.99. The molecular formula is C18H22ClN3O2. The number of amides is 2. The molecule has 0 radical (unpaired) electrons. The molecule has 0 unspecified atom stereocenters. The number of piperidine rings is 1. The Hall–Kier alpha value is -2.01. The van der Waals surface area contributed by atoms with Crippen LogP contribution in [0.3, 0.4) is 0 Å². The number of nitrogens with one attached hydrogen (secondary N) is 2. The Labute approximate surface area is 146 Å². The Balaban J connectivity index is 1.49. The van der Waals surface area contributed by atoms with Crippen molar-refractivity contribution in [3.8, 4) is 0 Å². The number of hydrogen-bond donors (Lipinski definition) is 2. The topological polar surface area (TPSA) is 65.2 Å². The summed E-state index contributed by atoms with van der Waals surface area (Å²) in [6, 6.07) is 5.78. The molecule has 1 aliphatic heterocycles. The molecule has 2 N–H and O–H groups in total. The molecule has 1 saturated heterocycles. The van der Waals surface area contributed by atoms with Gasteiger partial charge >= 0.3 is 0 Å². The predicted octanol–water partition coefficient (Wildman–Crippen LogP) is 2.74. The molecule has 128 valence electrons. The van der Waals surface area contributed by atoms with Crippen molar-refractivity contribution < 1.29 is 9.59 Å². The average molecular weight is 348 g/mol. The average Bonchev–Trinajstić information content (AvgIpc) is 2.97. The number of carbonyl (C=O) groups excluding carboxylic acids is 2. The summed E-state index contributed by atoms with van der Waals surface area (Å²) in [6.45, 7) is 3.55. The van der Waals surface area contributed by atoms with E-state index >= 15 is 0 Å². The lowest BCUT2D eigenvalue weighted by Gasteiger charge is -2.30. The summed E-state index contributed by atoms with van der Waals surface area (Å²) in [5, 5.41) is 4.88. The molecule has 6 heteroatoms. The summed E-state index contributed by atoms with van der Waals surface area (Å²) < 4.78 is 0.